The first-order chi connectivity index (χ1) is 12.6. The highest BCUT2D eigenvalue weighted by atomic mass is 16.2. The number of carbonyl (C=O) groups excluding carboxylic acids is 1. The van der Waals surface area contributed by atoms with Gasteiger partial charge in [0.05, 0.1) is 5.56 Å². The van der Waals surface area contributed by atoms with Crippen LogP contribution in [0.25, 0.3) is 0 Å². The zero-order valence-corrected chi connectivity index (χ0v) is 15.8. The van der Waals surface area contributed by atoms with Gasteiger partial charge in [0.1, 0.15) is 5.82 Å². The number of anilines is 1. The largest absolute Gasteiger partial charge is 0.370 e. The van der Waals surface area contributed by atoms with Crippen molar-refractivity contribution < 1.29 is 4.79 Å². The van der Waals surface area contributed by atoms with E-state index in [1.54, 1.807) is 12.4 Å². The van der Waals surface area contributed by atoms with Crippen LogP contribution in [0.4, 0.5) is 5.82 Å². The fraction of sp³-hybridized carbons (Fsp3) is 0.550. The van der Waals surface area contributed by atoms with E-state index < -0.39 is 0 Å². The maximum absolute atomic E-state index is 13.0. The normalized spacial score (nSPS) is 17.5. The fourth-order valence-corrected chi connectivity index (χ4v) is 3.38. The average Bonchev–Trinajstić information content (AvgIpc) is 3.18. The summed E-state index contributed by atoms with van der Waals surface area (Å²) in [4.78, 5) is 19.4. The van der Waals surface area contributed by atoms with Gasteiger partial charge in [-0.15, -0.1) is 0 Å². The lowest BCUT2D eigenvalue weighted by Gasteiger charge is -2.36. The summed E-state index contributed by atoms with van der Waals surface area (Å²) in [6.07, 6.45) is 9.73. The van der Waals surface area contributed by atoms with Crippen molar-refractivity contribution in [2.45, 2.75) is 52.1 Å². The first-order valence-electron chi connectivity index (χ1n) is 9.62. The molecule has 0 aromatic carbocycles. The third kappa shape index (κ3) is 4.84. The molecule has 1 aliphatic rings. The quantitative estimate of drug-likeness (QED) is 0.826. The number of likely N-dealkylation sites (tertiary alicyclic amines) is 1. The van der Waals surface area contributed by atoms with Crippen LogP contribution in [0.1, 0.15) is 49.9 Å². The minimum Gasteiger partial charge on any atom is -0.370 e. The van der Waals surface area contributed by atoms with Crippen molar-refractivity contribution in [2.24, 2.45) is 5.92 Å². The Kier molecular flexibility index (Phi) is 6.26. The second-order valence-electron chi connectivity index (χ2n) is 7.41. The number of piperidine rings is 1. The van der Waals surface area contributed by atoms with E-state index in [0.717, 1.165) is 44.7 Å². The number of pyridine rings is 1. The lowest BCUT2D eigenvalue weighted by Crippen LogP contribution is -2.44. The predicted molar refractivity (Wildman–Crippen MR) is 103 cm³/mol. The Morgan fingerprint density at radius 2 is 2.23 bits per heavy atom. The van der Waals surface area contributed by atoms with Crippen molar-refractivity contribution in [3.05, 3.63) is 42.4 Å². The van der Waals surface area contributed by atoms with Gasteiger partial charge < -0.3 is 10.2 Å². The number of aryl methyl sites for hydroxylation is 1. The van der Waals surface area contributed by atoms with Gasteiger partial charge in [-0.1, -0.05) is 13.8 Å². The Morgan fingerprint density at radius 3 is 2.92 bits per heavy atom. The van der Waals surface area contributed by atoms with E-state index in [-0.39, 0.29) is 11.9 Å². The second kappa shape index (κ2) is 8.83. The number of carbonyl (C=O) groups is 1. The molecule has 0 unspecified atom stereocenters. The van der Waals surface area contributed by atoms with Crippen LogP contribution >= 0.6 is 0 Å². The molecule has 0 saturated carbocycles. The van der Waals surface area contributed by atoms with Crippen molar-refractivity contribution in [1.82, 2.24) is 19.7 Å². The first kappa shape index (κ1) is 18.4. The van der Waals surface area contributed by atoms with Crippen LogP contribution in [-0.2, 0) is 6.54 Å². The maximum atomic E-state index is 13.0. The Bertz CT molecular complexity index is 681. The molecule has 3 rings (SSSR count). The first-order valence-corrected chi connectivity index (χ1v) is 9.62. The average molecular weight is 355 g/mol. The molecule has 0 spiro atoms. The zero-order chi connectivity index (χ0) is 18.4. The van der Waals surface area contributed by atoms with Gasteiger partial charge in [0.15, 0.2) is 0 Å². The van der Waals surface area contributed by atoms with Gasteiger partial charge in [-0.3, -0.25) is 9.48 Å². The monoisotopic (exact) mass is 355 g/mol. The van der Waals surface area contributed by atoms with Gasteiger partial charge in [0.2, 0.25) is 0 Å². The number of hydrogen-bond acceptors (Lipinski definition) is 4. The van der Waals surface area contributed by atoms with Gasteiger partial charge in [-0.2, -0.15) is 5.10 Å². The summed E-state index contributed by atoms with van der Waals surface area (Å²) < 4.78 is 1.94. The summed E-state index contributed by atoms with van der Waals surface area (Å²) in [5.74, 6) is 1.48. The van der Waals surface area contributed by atoms with Crippen molar-refractivity contribution >= 4 is 11.7 Å². The van der Waals surface area contributed by atoms with E-state index >= 15 is 0 Å². The highest BCUT2D eigenvalue weighted by Crippen LogP contribution is 2.22. The van der Waals surface area contributed by atoms with E-state index in [2.05, 4.69) is 29.2 Å². The molecule has 0 bridgehead atoms. The Morgan fingerprint density at radius 1 is 1.35 bits per heavy atom. The van der Waals surface area contributed by atoms with Gasteiger partial charge >= 0.3 is 0 Å². The molecule has 140 valence electrons. The molecule has 1 fully saturated rings. The van der Waals surface area contributed by atoms with Crippen LogP contribution in [0.15, 0.2) is 36.8 Å². The smallest absolute Gasteiger partial charge is 0.255 e. The number of hydrogen-bond donors (Lipinski definition) is 1. The Labute approximate surface area is 155 Å². The number of amides is 1. The Balaban J connectivity index is 1.62. The molecule has 26 heavy (non-hydrogen) atoms. The number of nitrogens with zero attached hydrogens (tertiary/aromatic N) is 4. The molecular weight excluding hydrogens is 326 g/mol. The highest BCUT2D eigenvalue weighted by Gasteiger charge is 2.27. The molecule has 1 saturated heterocycles. The van der Waals surface area contributed by atoms with Gasteiger partial charge in [0.25, 0.3) is 5.91 Å². The third-order valence-electron chi connectivity index (χ3n) is 4.84. The molecule has 6 nitrogen and oxygen atoms in total. The van der Waals surface area contributed by atoms with Gasteiger partial charge in [-0.25, -0.2) is 4.98 Å². The van der Waals surface area contributed by atoms with Crippen molar-refractivity contribution in [2.75, 3.05) is 18.4 Å². The van der Waals surface area contributed by atoms with Crippen LogP contribution in [0.5, 0.6) is 0 Å². The van der Waals surface area contributed by atoms with Crippen molar-refractivity contribution in [3.63, 3.8) is 0 Å². The zero-order valence-electron chi connectivity index (χ0n) is 15.8. The lowest BCUT2D eigenvalue weighted by atomic mass is 9.98. The van der Waals surface area contributed by atoms with Gasteiger partial charge in [0, 0.05) is 44.3 Å². The maximum Gasteiger partial charge on any atom is 0.255 e. The number of rotatable bonds is 7. The van der Waals surface area contributed by atoms with Crippen LogP contribution in [0.2, 0.25) is 0 Å². The molecule has 2 aromatic heterocycles. The van der Waals surface area contributed by atoms with Crippen molar-refractivity contribution in [1.29, 1.82) is 0 Å². The summed E-state index contributed by atoms with van der Waals surface area (Å²) in [6.45, 7) is 6.87. The molecule has 1 amide bonds. The SMILES string of the molecule is CC(C)CNc1ccc(C(=O)N2CCCC[C@@H]2CCn2cccn2)cn1. The third-order valence-corrected chi connectivity index (χ3v) is 4.84. The van der Waals surface area contributed by atoms with E-state index in [1.165, 1.54) is 6.42 Å². The van der Waals surface area contributed by atoms with Crippen LogP contribution < -0.4 is 5.32 Å². The summed E-state index contributed by atoms with van der Waals surface area (Å²) in [6, 6.07) is 6.00. The molecule has 2 aromatic rings. The van der Waals surface area contributed by atoms with Gasteiger partial charge in [-0.05, 0) is 49.8 Å². The molecule has 0 aliphatic carbocycles. The van der Waals surface area contributed by atoms with Crippen molar-refractivity contribution in [3.8, 4) is 0 Å². The molecular formula is C20H29N5O. The summed E-state index contributed by atoms with van der Waals surface area (Å²) in [5, 5.41) is 7.55. The van der Waals surface area contributed by atoms with Crippen LogP contribution in [0, 0.1) is 5.92 Å². The Hall–Kier alpha value is -2.37. The minimum absolute atomic E-state index is 0.0954. The highest BCUT2D eigenvalue weighted by molar-refractivity contribution is 5.94. The van der Waals surface area contributed by atoms with E-state index in [0.29, 0.717) is 11.5 Å². The predicted octanol–water partition coefficient (Wildman–Crippen LogP) is 3.43. The van der Waals surface area contributed by atoms with Crippen LogP contribution in [0.3, 0.4) is 0 Å². The van der Waals surface area contributed by atoms with E-state index in [4.69, 9.17) is 0 Å². The molecule has 1 N–H and O–H groups in total. The molecule has 3 heterocycles. The summed E-state index contributed by atoms with van der Waals surface area (Å²) in [5.41, 5.74) is 0.672. The van der Waals surface area contributed by atoms with Crippen LogP contribution in [-0.4, -0.2) is 44.7 Å². The number of aromatic nitrogens is 3. The summed E-state index contributed by atoms with van der Waals surface area (Å²) in [7, 11) is 0. The summed E-state index contributed by atoms with van der Waals surface area (Å²) >= 11 is 0. The molecule has 0 radical (unpaired) electrons. The molecule has 1 aliphatic heterocycles. The topological polar surface area (TPSA) is 63.1 Å². The molecule has 6 heteroatoms. The van der Waals surface area contributed by atoms with E-state index in [1.807, 2.05) is 34.0 Å². The molecule has 1 atom stereocenters. The number of nitrogens with one attached hydrogen (secondary N) is 1. The minimum atomic E-state index is 0.0954. The second-order valence-corrected chi connectivity index (χ2v) is 7.41. The standard InChI is InChI=1S/C20H29N5O/c1-16(2)14-21-19-8-7-17(15-22-19)20(26)25-12-4-3-6-18(25)9-13-24-11-5-10-23-24/h5,7-8,10-11,15-16,18H,3-4,6,9,12-14H2,1-2H3,(H,21,22)/t18-/m1/s1. The fourth-order valence-electron chi connectivity index (χ4n) is 3.38. The van der Waals surface area contributed by atoms with E-state index in [9.17, 15) is 4.79 Å². The lowest BCUT2D eigenvalue weighted by molar-refractivity contribution is 0.0593.